The summed E-state index contributed by atoms with van der Waals surface area (Å²) < 4.78 is 5.16. The van der Waals surface area contributed by atoms with Gasteiger partial charge in [0.15, 0.2) is 0 Å². The van der Waals surface area contributed by atoms with Gasteiger partial charge in [-0.1, -0.05) is 12.1 Å². The molecule has 0 aromatic heterocycles. The van der Waals surface area contributed by atoms with Gasteiger partial charge in [-0.2, -0.15) is 0 Å². The number of benzene rings is 1. The van der Waals surface area contributed by atoms with E-state index in [0.29, 0.717) is 6.04 Å². The summed E-state index contributed by atoms with van der Waals surface area (Å²) in [5, 5.41) is 3.42. The molecule has 3 heteroatoms. The summed E-state index contributed by atoms with van der Waals surface area (Å²) in [7, 11) is 1.71. The molecule has 0 unspecified atom stereocenters. The molecule has 0 spiro atoms. The third kappa shape index (κ3) is 3.45. The fourth-order valence-corrected chi connectivity index (χ4v) is 2.28. The molecule has 3 nitrogen and oxygen atoms in total. The van der Waals surface area contributed by atoms with Gasteiger partial charge in [0.05, 0.1) is 7.11 Å². The molecule has 0 bridgehead atoms. The Hall–Kier alpha value is -1.06. The van der Waals surface area contributed by atoms with E-state index in [9.17, 15) is 0 Å². The van der Waals surface area contributed by atoms with Crippen LogP contribution in [0.5, 0.6) is 5.75 Å². The van der Waals surface area contributed by atoms with Crippen molar-refractivity contribution in [3.63, 3.8) is 0 Å². The van der Waals surface area contributed by atoms with Gasteiger partial charge in [-0.25, -0.2) is 0 Å². The Balaban J connectivity index is 1.84. The first kappa shape index (κ1) is 12.4. The predicted molar refractivity (Wildman–Crippen MR) is 70.6 cm³/mol. The second-order valence-corrected chi connectivity index (χ2v) is 4.69. The first-order valence-corrected chi connectivity index (χ1v) is 6.37. The fraction of sp³-hybridized carbons (Fsp3) is 0.571. The number of hydrogen-bond acceptors (Lipinski definition) is 3. The zero-order valence-electron chi connectivity index (χ0n) is 10.8. The van der Waals surface area contributed by atoms with Gasteiger partial charge in [0.2, 0.25) is 0 Å². The van der Waals surface area contributed by atoms with Crippen LogP contribution in [0.3, 0.4) is 0 Å². The summed E-state index contributed by atoms with van der Waals surface area (Å²) >= 11 is 0. The van der Waals surface area contributed by atoms with Crippen LogP contribution < -0.4 is 10.1 Å². The highest BCUT2D eigenvalue weighted by atomic mass is 16.5. The van der Waals surface area contributed by atoms with Crippen molar-refractivity contribution >= 4 is 0 Å². The second-order valence-electron chi connectivity index (χ2n) is 4.69. The molecule has 1 aliphatic rings. The van der Waals surface area contributed by atoms with E-state index in [1.54, 1.807) is 7.11 Å². The molecule has 94 valence electrons. The molecule has 1 fully saturated rings. The van der Waals surface area contributed by atoms with Crippen molar-refractivity contribution < 1.29 is 4.74 Å². The van der Waals surface area contributed by atoms with Crippen molar-refractivity contribution in [2.24, 2.45) is 0 Å². The maximum atomic E-state index is 5.16. The quantitative estimate of drug-likeness (QED) is 0.855. The van der Waals surface area contributed by atoms with Crippen LogP contribution in [0, 0.1) is 0 Å². The highest BCUT2D eigenvalue weighted by Gasteiger charge is 2.16. The molecule has 1 aromatic carbocycles. The molecule has 0 aliphatic carbocycles. The molecule has 17 heavy (non-hydrogen) atoms. The van der Waals surface area contributed by atoms with Gasteiger partial charge in [0.25, 0.3) is 0 Å². The number of piperazine rings is 1. The summed E-state index contributed by atoms with van der Waals surface area (Å²) in [6.07, 6.45) is 1.12. The highest BCUT2D eigenvalue weighted by molar-refractivity contribution is 5.27. The minimum absolute atomic E-state index is 0.655. The molecule has 1 aliphatic heterocycles. The van der Waals surface area contributed by atoms with Gasteiger partial charge < -0.3 is 10.1 Å². The average molecular weight is 234 g/mol. The number of rotatable bonds is 4. The van der Waals surface area contributed by atoms with Crippen molar-refractivity contribution in [1.82, 2.24) is 10.2 Å². The lowest BCUT2D eigenvalue weighted by Crippen LogP contribution is -2.50. The van der Waals surface area contributed by atoms with Gasteiger partial charge in [-0.15, -0.1) is 0 Å². The Bertz CT molecular complexity index is 337. The van der Waals surface area contributed by atoms with E-state index in [2.05, 4.69) is 29.3 Å². The SMILES string of the molecule is COc1ccc(CCN2CCNC[C@H]2C)cc1. The fourth-order valence-electron chi connectivity index (χ4n) is 2.28. The smallest absolute Gasteiger partial charge is 0.118 e. The van der Waals surface area contributed by atoms with E-state index >= 15 is 0 Å². The maximum absolute atomic E-state index is 5.16. The highest BCUT2D eigenvalue weighted by Crippen LogP contribution is 2.12. The Kier molecular flexibility index (Phi) is 4.40. The summed E-state index contributed by atoms with van der Waals surface area (Å²) in [5.74, 6) is 0.935. The monoisotopic (exact) mass is 234 g/mol. The minimum Gasteiger partial charge on any atom is -0.497 e. The molecule has 1 heterocycles. The molecule has 1 aromatic rings. The second kappa shape index (κ2) is 6.03. The number of nitrogens with one attached hydrogen (secondary N) is 1. The molecule has 0 amide bonds. The lowest BCUT2D eigenvalue weighted by molar-refractivity contribution is 0.176. The van der Waals surface area contributed by atoms with Crippen molar-refractivity contribution in [2.75, 3.05) is 33.3 Å². The Morgan fingerprint density at radius 3 is 2.76 bits per heavy atom. The normalized spacial score (nSPS) is 21.4. The summed E-state index contributed by atoms with van der Waals surface area (Å²) in [6, 6.07) is 9.05. The minimum atomic E-state index is 0.655. The van der Waals surface area contributed by atoms with Crippen LogP contribution in [0.2, 0.25) is 0 Å². The van der Waals surface area contributed by atoms with Gasteiger partial charge in [0, 0.05) is 32.2 Å². The predicted octanol–water partition coefficient (Wildman–Crippen LogP) is 1.53. The topological polar surface area (TPSA) is 24.5 Å². The van der Waals surface area contributed by atoms with Crippen molar-refractivity contribution in [2.45, 2.75) is 19.4 Å². The number of methoxy groups -OCH3 is 1. The van der Waals surface area contributed by atoms with E-state index in [4.69, 9.17) is 4.74 Å². The van der Waals surface area contributed by atoms with Crippen LogP contribution in [0.1, 0.15) is 12.5 Å². The van der Waals surface area contributed by atoms with Gasteiger partial charge in [-0.05, 0) is 31.0 Å². The zero-order valence-corrected chi connectivity index (χ0v) is 10.8. The van der Waals surface area contributed by atoms with E-state index < -0.39 is 0 Å². The average Bonchev–Trinajstić information content (AvgIpc) is 2.38. The molecule has 1 saturated heterocycles. The third-order valence-corrected chi connectivity index (χ3v) is 3.49. The van der Waals surface area contributed by atoms with Crippen molar-refractivity contribution in [3.05, 3.63) is 29.8 Å². The molecular formula is C14H22N2O. The number of ether oxygens (including phenoxy) is 1. The van der Waals surface area contributed by atoms with Gasteiger partial charge in [0.1, 0.15) is 5.75 Å². The Labute approximate surface area is 104 Å². The number of hydrogen-bond donors (Lipinski definition) is 1. The number of nitrogens with zero attached hydrogens (tertiary/aromatic N) is 1. The van der Waals surface area contributed by atoms with Crippen LogP contribution in [0.15, 0.2) is 24.3 Å². The molecule has 0 saturated carbocycles. The van der Waals surface area contributed by atoms with Gasteiger partial charge >= 0.3 is 0 Å². The van der Waals surface area contributed by atoms with E-state index in [1.807, 2.05) is 12.1 Å². The van der Waals surface area contributed by atoms with E-state index in [0.717, 1.165) is 38.3 Å². The van der Waals surface area contributed by atoms with Gasteiger partial charge in [-0.3, -0.25) is 4.90 Å². The summed E-state index contributed by atoms with van der Waals surface area (Å²) in [5.41, 5.74) is 1.39. The maximum Gasteiger partial charge on any atom is 0.118 e. The first-order chi connectivity index (χ1) is 8.29. The van der Waals surface area contributed by atoms with Crippen LogP contribution in [0.25, 0.3) is 0 Å². The summed E-state index contributed by atoms with van der Waals surface area (Å²) in [4.78, 5) is 2.56. The van der Waals surface area contributed by atoms with Crippen molar-refractivity contribution in [3.8, 4) is 5.75 Å². The van der Waals surface area contributed by atoms with Crippen LogP contribution in [-0.4, -0.2) is 44.2 Å². The van der Waals surface area contributed by atoms with E-state index in [1.165, 1.54) is 5.56 Å². The molecular weight excluding hydrogens is 212 g/mol. The van der Waals surface area contributed by atoms with Crippen LogP contribution in [-0.2, 0) is 6.42 Å². The van der Waals surface area contributed by atoms with Crippen LogP contribution in [0.4, 0.5) is 0 Å². The zero-order chi connectivity index (χ0) is 12.1. The lowest BCUT2D eigenvalue weighted by Gasteiger charge is -2.33. The third-order valence-electron chi connectivity index (χ3n) is 3.49. The lowest BCUT2D eigenvalue weighted by atomic mass is 10.1. The molecule has 2 rings (SSSR count). The first-order valence-electron chi connectivity index (χ1n) is 6.37. The Morgan fingerprint density at radius 1 is 1.35 bits per heavy atom. The Morgan fingerprint density at radius 2 is 2.12 bits per heavy atom. The summed E-state index contributed by atoms with van der Waals surface area (Å²) in [6.45, 7) is 6.84. The standard InChI is InChI=1S/C14H22N2O/c1-12-11-15-8-10-16(12)9-7-13-3-5-14(17-2)6-4-13/h3-6,12,15H,7-11H2,1-2H3/t12-/m1/s1. The molecule has 0 radical (unpaired) electrons. The van der Waals surface area contributed by atoms with E-state index in [-0.39, 0.29) is 0 Å². The van der Waals surface area contributed by atoms with Crippen molar-refractivity contribution in [1.29, 1.82) is 0 Å². The molecule has 1 N–H and O–H groups in total. The largest absolute Gasteiger partial charge is 0.497 e. The van der Waals surface area contributed by atoms with Crippen LogP contribution >= 0.6 is 0 Å². The molecule has 1 atom stereocenters.